The van der Waals surface area contributed by atoms with Crippen LogP contribution in [0.2, 0.25) is 0 Å². The van der Waals surface area contributed by atoms with Crippen LogP contribution in [-0.4, -0.2) is 35.6 Å². The van der Waals surface area contributed by atoms with Gasteiger partial charge in [0.15, 0.2) is 0 Å². The number of aromatic nitrogens is 2. The van der Waals surface area contributed by atoms with Crippen molar-refractivity contribution in [3.63, 3.8) is 0 Å². The number of rotatable bonds is 5. The lowest BCUT2D eigenvalue weighted by atomic mass is 9.96. The topological polar surface area (TPSA) is 103 Å². The third kappa shape index (κ3) is 5.25. The van der Waals surface area contributed by atoms with Gasteiger partial charge in [0.25, 0.3) is 0 Å². The van der Waals surface area contributed by atoms with Gasteiger partial charge in [-0.2, -0.15) is 10.2 Å². The Morgan fingerprint density at radius 3 is 2.77 bits per heavy atom. The van der Waals surface area contributed by atoms with Gasteiger partial charge >= 0.3 is 0 Å². The highest BCUT2D eigenvalue weighted by Crippen LogP contribution is 2.32. The van der Waals surface area contributed by atoms with E-state index in [0.29, 0.717) is 23.2 Å². The zero-order valence-corrected chi connectivity index (χ0v) is 18.8. The quantitative estimate of drug-likeness (QED) is 0.599. The number of nitrogen functional groups attached to an aromatic ring is 1. The number of nitrogens with one attached hydrogen (secondary N) is 2. The minimum Gasteiger partial charge on any atom is -0.399 e. The first-order chi connectivity index (χ1) is 13.7. The number of nitrogens with zero attached hydrogens (tertiary/aromatic N) is 4. The number of hydrogen-bond acceptors (Lipinski definition) is 7. The lowest BCUT2D eigenvalue weighted by Crippen LogP contribution is -2.33. The van der Waals surface area contributed by atoms with Crippen LogP contribution >= 0.6 is 24.8 Å². The number of nitrogens with two attached hydrogens (primary N) is 1. The maximum Gasteiger partial charge on any atom is 0.229 e. The molecule has 1 aliphatic heterocycles. The third-order valence-electron chi connectivity index (χ3n) is 5.48. The van der Waals surface area contributed by atoms with Gasteiger partial charge in [-0.05, 0) is 56.8 Å². The van der Waals surface area contributed by atoms with Crippen molar-refractivity contribution in [2.75, 3.05) is 35.6 Å². The Morgan fingerprint density at radius 2 is 2.00 bits per heavy atom. The molecule has 2 heterocycles. The molecule has 9 heteroatoms. The van der Waals surface area contributed by atoms with Gasteiger partial charge < -0.3 is 21.3 Å². The van der Waals surface area contributed by atoms with Gasteiger partial charge in [0.1, 0.15) is 5.82 Å². The fourth-order valence-electron chi connectivity index (χ4n) is 4.22. The van der Waals surface area contributed by atoms with Crippen LogP contribution in [0.15, 0.2) is 18.2 Å². The molecule has 2 aliphatic rings. The predicted molar refractivity (Wildman–Crippen MR) is 126 cm³/mol. The Bertz CT molecular complexity index is 913. The highest BCUT2D eigenvalue weighted by molar-refractivity contribution is 5.85. The molecule has 1 aromatic carbocycles. The highest BCUT2D eigenvalue weighted by Gasteiger charge is 2.27. The van der Waals surface area contributed by atoms with Crippen molar-refractivity contribution in [1.82, 2.24) is 15.3 Å². The van der Waals surface area contributed by atoms with E-state index < -0.39 is 0 Å². The zero-order chi connectivity index (χ0) is 19.5. The molecule has 0 spiro atoms. The van der Waals surface area contributed by atoms with Crippen molar-refractivity contribution in [2.24, 2.45) is 0 Å². The molecule has 0 unspecified atom stereocenters. The van der Waals surface area contributed by atoms with E-state index >= 15 is 0 Å². The Morgan fingerprint density at radius 1 is 1.20 bits per heavy atom. The van der Waals surface area contributed by atoms with E-state index in [1.165, 1.54) is 18.4 Å². The van der Waals surface area contributed by atoms with Gasteiger partial charge in [0, 0.05) is 36.1 Å². The molecule has 4 rings (SSSR count). The lowest BCUT2D eigenvalue weighted by molar-refractivity contribution is 0.571. The maximum atomic E-state index is 9.19. The molecular formula is C21H29Cl2N7. The van der Waals surface area contributed by atoms with Gasteiger partial charge in [-0.15, -0.1) is 24.8 Å². The lowest BCUT2D eigenvalue weighted by Gasteiger charge is -2.25. The molecule has 0 amide bonds. The summed E-state index contributed by atoms with van der Waals surface area (Å²) in [6, 6.07) is 7.90. The summed E-state index contributed by atoms with van der Waals surface area (Å²) in [7, 11) is 0. The molecule has 4 N–H and O–H groups in total. The summed E-state index contributed by atoms with van der Waals surface area (Å²) in [5, 5.41) is 16.0. The molecule has 7 nitrogen and oxygen atoms in total. The van der Waals surface area contributed by atoms with Crippen LogP contribution in [0.3, 0.4) is 0 Å². The van der Waals surface area contributed by atoms with Crippen molar-refractivity contribution in [1.29, 1.82) is 5.26 Å². The van der Waals surface area contributed by atoms with Crippen LogP contribution in [0.1, 0.15) is 43.0 Å². The normalized spacial score (nSPS) is 17.3. The summed E-state index contributed by atoms with van der Waals surface area (Å²) in [5.74, 6) is 1.65. The number of hydrogen-bond donors (Lipinski definition) is 3. The molecule has 1 saturated heterocycles. The first-order valence-corrected chi connectivity index (χ1v) is 10.1. The average Bonchev–Trinajstić information content (AvgIpc) is 3.15. The summed E-state index contributed by atoms with van der Waals surface area (Å²) in [6.45, 7) is 5.13. The Hall–Kier alpha value is -2.27. The minimum absolute atomic E-state index is 0. The maximum absolute atomic E-state index is 9.19. The van der Waals surface area contributed by atoms with Crippen molar-refractivity contribution >= 4 is 48.0 Å². The van der Waals surface area contributed by atoms with E-state index in [1.54, 1.807) is 18.2 Å². The Balaban J connectivity index is 0.00000160. The van der Waals surface area contributed by atoms with Crippen LogP contribution in [0.5, 0.6) is 0 Å². The van der Waals surface area contributed by atoms with Crippen molar-refractivity contribution in [3.05, 3.63) is 35.0 Å². The van der Waals surface area contributed by atoms with Gasteiger partial charge in [-0.3, -0.25) is 0 Å². The van der Waals surface area contributed by atoms with Crippen LogP contribution in [0.25, 0.3) is 0 Å². The SMILES string of the molecule is CCN[C@H]1CCN(c2nc(Nc3cc(N)cc(C#N)c3)nc3c2CCCC3)C1.Cl.Cl. The van der Waals surface area contributed by atoms with E-state index in [4.69, 9.17) is 15.7 Å². The van der Waals surface area contributed by atoms with Gasteiger partial charge in [0.2, 0.25) is 5.95 Å². The van der Waals surface area contributed by atoms with Crippen molar-refractivity contribution in [3.8, 4) is 6.07 Å². The van der Waals surface area contributed by atoms with Crippen molar-refractivity contribution in [2.45, 2.75) is 45.1 Å². The monoisotopic (exact) mass is 449 g/mol. The zero-order valence-electron chi connectivity index (χ0n) is 17.1. The summed E-state index contributed by atoms with van der Waals surface area (Å²) in [4.78, 5) is 12.1. The fourth-order valence-corrected chi connectivity index (χ4v) is 4.22. The predicted octanol–water partition coefficient (Wildman–Crippen LogP) is 3.58. The van der Waals surface area contributed by atoms with Gasteiger partial charge in [-0.1, -0.05) is 6.92 Å². The molecule has 1 fully saturated rings. The van der Waals surface area contributed by atoms with Crippen LogP contribution in [-0.2, 0) is 12.8 Å². The molecule has 0 radical (unpaired) electrons. The number of nitriles is 1. The number of halogens is 2. The number of aryl methyl sites for hydroxylation is 1. The molecule has 30 heavy (non-hydrogen) atoms. The second-order valence-electron chi connectivity index (χ2n) is 7.57. The summed E-state index contributed by atoms with van der Waals surface area (Å²) in [6.07, 6.45) is 5.53. The smallest absolute Gasteiger partial charge is 0.229 e. The van der Waals surface area contributed by atoms with Crippen LogP contribution < -0.4 is 21.3 Å². The fraction of sp³-hybridized carbons (Fsp3) is 0.476. The van der Waals surface area contributed by atoms with E-state index in [2.05, 4.69) is 28.5 Å². The second kappa shape index (κ2) is 10.7. The summed E-state index contributed by atoms with van der Waals surface area (Å²) >= 11 is 0. The Labute approximate surface area is 190 Å². The molecule has 1 aliphatic carbocycles. The number of likely N-dealkylation sites (N-methyl/N-ethyl adjacent to an activating group) is 1. The summed E-state index contributed by atoms with van der Waals surface area (Å²) in [5.41, 5.74) is 10.2. The molecule has 0 saturated carbocycles. The summed E-state index contributed by atoms with van der Waals surface area (Å²) < 4.78 is 0. The standard InChI is InChI=1S/C21H27N7.2ClH/c1-2-24-16-7-8-28(13-16)20-18-5-3-4-6-19(18)26-21(27-20)25-17-10-14(12-22)9-15(23)11-17;;/h9-11,16,24H,2-8,13,23H2,1H3,(H,25,26,27);2*1H/t16-;;/m0../s1. The van der Waals surface area contributed by atoms with Crippen LogP contribution in [0, 0.1) is 11.3 Å². The molecule has 2 aromatic rings. The van der Waals surface area contributed by atoms with E-state index in [0.717, 1.165) is 56.1 Å². The van der Waals surface area contributed by atoms with Crippen molar-refractivity contribution < 1.29 is 0 Å². The van der Waals surface area contributed by atoms with Gasteiger partial charge in [-0.25, -0.2) is 4.98 Å². The molecule has 1 aromatic heterocycles. The van der Waals surface area contributed by atoms with Crippen LogP contribution in [0.4, 0.5) is 23.1 Å². The number of benzene rings is 1. The molecule has 1 atom stereocenters. The number of fused-ring (bicyclic) bond motifs is 1. The van der Waals surface area contributed by atoms with E-state index in [1.807, 2.05) is 0 Å². The molecule has 162 valence electrons. The third-order valence-corrected chi connectivity index (χ3v) is 5.48. The molecular weight excluding hydrogens is 421 g/mol. The van der Waals surface area contributed by atoms with Gasteiger partial charge in [0.05, 0.1) is 17.3 Å². The minimum atomic E-state index is 0. The highest BCUT2D eigenvalue weighted by atomic mass is 35.5. The largest absolute Gasteiger partial charge is 0.399 e. The van der Waals surface area contributed by atoms with E-state index in [9.17, 15) is 5.26 Å². The van der Waals surface area contributed by atoms with E-state index in [-0.39, 0.29) is 24.8 Å². The first kappa shape index (κ1) is 24.0. The number of anilines is 4. The Kier molecular flexibility index (Phi) is 8.54. The second-order valence-corrected chi connectivity index (χ2v) is 7.57. The first-order valence-electron chi connectivity index (χ1n) is 10.1. The molecule has 0 bridgehead atoms. The average molecular weight is 450 g/mol.